The number of fused-ring (bicyclic) bond motifs is 1. The quantitative estimate of drug-likeness (QED) is 0.0888. The van der Waals surface area contributed by atoms with E-state index in [0.29, 0.717) is 6.42 Å². The van der Waals surface area contributed by atoms with Crippen LogP contribution < -0.4 is 11.1 Å². The van der Waals surface area contributed by atoms with Gasteiger partial charge in [-0.05, 0) is 13.3 Å². The normalized spacial score (nSPS) is 19.5. The van der Waals surface area contributed by atoms with Gasteiger partial charge < -0.3 is 25.7 Å². The highest BCUT2D eigenvalue weighted by molar-refractivity contribution is 8.00. The minimum absolute atomic E-state index is 0.138. The Hall–Kier alpha value is -3.46. The van der Waals surface area contributed by atoms with E-state index in [1.807, 2.05) is 6.92 Å². The molecule has 35 heavy (non-hydrogen) atoms. The molecule has 0 spiro atoms. The van der Waals surface area contributed by atoms with Crippen molar-refractivity contribution in [1.82, 2.24) is 15.2 Å². The largest absolute Gasteiger partial charge is 0.477 e. The minimum Gasteiger partial charge on any atom is -0.477 e. The van der Waals surface area contributed by atoms with Crippen LogP contribution in [0.4, 0.5) is 5.13 Å². The molecule has 1 aromatic heterocycles. The van der Waals surface area contributed by atoms with Crippen LogP contribution in [-0.4, -0.2) is 80.6 Å². The molecule has 15 heteroatoms. The highest BCUT2D eigenvalue weighted by Gasteiger charge is 2.54. The number of carboxylic acids is 1. The van der Waals surface area contributed by atoms with Crippen molar-refractivity contribution >= 4 is 63.5 Å². The second-order valence-electron chi connectivity index (χ2n) is 7.50. The summed E-state index contributed by atoms with van der Waals surface area (Å²) in [6.07, 6.45) is 0.224. The average molecular weight is 526 g/mol. The second kappa shape index (κ2) is 11.3. The number of nitrogens with two attached hydrogens (primary N) is 1. The Morgan fingerprint density at radius 3 is 2.71 bits per heavy atom. The molecule has 1 saturated heterocycles. The molecule has 0 radical (unpaired) electrons. The molecule has 0 bridgehead atoms. The van der Waals surface area contributed by atoms with Crippen molar-refractivity contribution in [3.63, 3.8) is 0 Å². The molecular formula is C20H23N5O8S2. The lowest BCUT2D eigenvalue weighted by molar-refractivity contribution is -0.150. The number of carbonyl (C=O) groups is 5. The lowest BCUT2D eigenvalue weighted by Crippen LogP contribution is -2.71. The van der Waals surface area contributed by atoms with Crippen molar-refractivity contribution in [2.24, 2.45) is 5.16 Å². The number of aromatic nitrogens is 1. The van der Waals surface area contributed by atoms with E-state index in [9.17, 15) is 29.1 Å². The van der Waals surface area contributed by atoms with Gasteiger partial charge in [0, 0.05) is 16.7 Å². The molecule has 0 saturated carbocycles. The summed E-state index contributed by atoms with van der Waals surface area (Å²) in [5.74, 6) is -3.79. The number of ether oxygens (including phenoxy) is 1. The number of thioether (sulfide) groups is 1. The zero-order valence-corrected chi connectivity index (χ0v) is 20.4. The van der Waals surface area contributed by atoms with Crippen LogP contribution in [0, 0.1) is 0 Å². The van der Waals surface area contributed by atoms with Gasteiger partial charge in [-0.3, -0.25) is 24.1 Å². The number of ketones is 1. The van der Waals surface area contributed by atoms with Crippen molar-refractivity contribution in [2.45, 2.75) is 38.1 Å². The lowest BCUT2D eigenvalue weighted by atomic mass is 10.0. The number of oxime groups is 1. The maximum Gasteiger partial charge on any atom is 0.352 e. The molecule has 188 valence electrons. The molecule has 4 N–H and O–H groups in total. The summed E-state index contributed by atoms with van der Waals surface area (Å²) in [5.41, 5.74) is 5.57. The minimum atomic E-state index is -1.38. The predicted molar refractivity (Wildman–Crippen MR) is 125 cm³/mol. The monoisotopic (exact) mass is 525 g/mol. The van der Waals surface area contributed by atoms with E-state index in [-0.39, 0.29) is 52.6 Å². The second-order valence-corrected chi connectivity index (χ2v) is 9.50. The third-order valence-corrected chi connectivity index (χ3v) is 6.78. The van der Waals surface area contributed by atoms with E-state index in [4.69, 9.17) is 15.3 Å². The third kappa shape index (κ3) is 5.97. The summed E-state index contributed by atoms with van der Waals surface area (Å²) in [6, 6.07) is -1.02. The number of esters is 1. The van der Waals surface area contributed by atoms with Crippen LogP contribution in [0.15, 0.2) is 21.8 Å². The molecule has 0 aromatic carbocycles. The molecule has 3 heterocycles. The van der Waals surface area contributed by atoms with E-state index >= 15 is 0 Å². The lowest BCUT2D eigenvalue weighted by Gasteiger charge is -2.49. The van der Waals surface area contributed by atoms with Gasteiger partial charge >= 0.3 is 11.9 Å². The first kappa shape index (κ1) is 26.2. The number of Topliss-reactive ketones (excluding diaryl/α,β-unsaturated/α-hetero) is 1. The van der Waals surface area contributed by atoms with Gasteiger partial charge in [0.15, 0.2) is 10.8 Å². The third-order valence-electron chi connectivity index (χ3n) is 4.77. The fraction of sp³-hybridized carbons (Fsp3) is 0.450. The first-order chi connectivity index (χ1) is 16.6. The molecule has 2 aliphatic rings. The predicted octanol–water partition coefficient (Wildman–Crippen LogP) is 0.117. The van der Waals surface area contributed by atoms with Gasteiger partial charge in [-0.15, -0.1) is 23.1 Å². The summed E-state index contributed by atoms with van der Waals surface area (Å²) in [5, 5.41) is 17.2. The van der Waals surface area contributed by atoms with E-state index in [0.717, 1.165) is 16.2 Å². The van der Waals surface area contributed by atoms with Gasteiger partial charge in [0.2, 0.25) is 0 Å². The zero-order valence-electron chi connectivity index (χ0n) is 18.8. The highest BCUT2D eigenvalue weighted by atomic mass is 32.2. The number of carbonyl (C=O) groups excluding carboxylic acids is 4. The molecule has 0 unspecified atom stereocenters. The fourth-order valence-corrected chi connectivity index (χ4v) is 5.10. The highest BCUT2D eigenvalue weighted by Crippen LogP contribution is 2.40. The van der Waals surface area contributed by atoms with Crippen LogP contribution >= 0.6 is 23.1 Å². The number of anilines is 1. The summed E-state index contributed by atoms with van der Waals surface area (Å²) < 4.78 is 4.99. The molecule has 3 rings (SSSR count). The van der Waals surface area contributed by atoms with Crippen LogP contribution in [0.1, 0.15) is 32.4 Å². The van der Waals surface area contributed by atoms with Crippen LogP contribution in [0.5, 0.6) is 0 Å². The van der Waals surface area contributed by atoms with Gasteiger partial charge in [0.1, 0.15) is 48.2 Å². The summed E-state index contributed by atoms with van der Waals surface area (Å²) in [4.78, 5) is 70.6. The Balaban J connectivity index is 1.74. The molecule has 13 nitrogen and oxygen atoms in total. The topological polar surface area (TPSA) is 191 Å². The molecule has 0 aliphatic carbocycles. The first-order valence-corrected chi connectivity index (χ1v) is 12.3. The maximum absolute atomic E-state index is 12.9. The van der Waals surface area contributed by atoms with Crippen molar-refractivity contribution in [3.05, 3.63) is 22.3 Å². The number of hydrogen-bond acceptors (Lipinski definition) is 12. The van der Waals surface area contributed by atoms with Crippen molar-refractivity contribution in [1.29, 1.82) is 0 Å². The zero-order chi connectivity index (χ0) is 25.7. The number of β-lactam (4-membered cyclic amide) rings is 1. The number of amides is 2. The summed E-state index contributed by atoms with van der Waals surface area (Å²) in [6.45, 7) is 2.99. The van der Waals surface area contributed by atoms with Crippen LogP contribution in [0.2, 0.25) is 0 Å². The molecule has 2 aliphatic heterocycles. The van der Waals surface area contributed by atoms with Gasteiger partial charge in [-0.25, -0.2) is 9.78 Å². The Morgan fingerprint density at radius 2 is 2.11 bits per heavy atom. The van der Waals surface area contributed by atoms with E-state index < -0.39 is 41.6 Å². The van der Waals surface area contributed by atoms with E-state index in [1.54, 1.807) is 0 Å². The molecule has 2 amide bonds. The molecule has 1 aromatic rings. The number of nitrogens with one attached hydrogen (secondary N) is 1. The van der Waals surface area contributed by atoms with Gasteiger partial charge in [0.05, 0.1) is 0 Å². The number of carboxylic acid groups (broad SMARTS) is 1. The number of rotatable bonds is 11. The van der Waals surface area contributed by atoms with Crippen molar-refractivity contribution < 1.29 is 38.7 Å². The number of nitrogen functional groups attached to an aromatic ring is 1. The number of nitrogens with zero attached hydrogens (tertiary/aromatic N) is 3. The molecular weight excluding hydrogens is 502 g/mol. The van der Waals surface area contributed by atoms with Crippen LogP contribution in [-0.2, 0) is 33.5 Å². The standard InChI is InChI=1S/C20H23N5O8S2/c1-3-4-33-24-13(11-8-35-20(21)22-11)16(28)23-14-17(29)25-15(19(30)31)10(7-34-18(14)25)6-32-12(27)5-9(2)26/h8,14,18H,3-7H2,1-2H3,(H2,21,22)(H,23,28)(H,30,31)/t14-,18+/m1/s1. The molecule has 2 atom stereocenters. The maximum atomic E-state index is 12.9. The van der Waals surface area contributed by atoms with Crippen LogP contribution in [0.3, 0.4) is 0 Å². The summed E-state index contributed by atoms with van der Waals surface area (Å²) in [7, 11) is 0. The SMILES string of the molecule is CCCON=C(C(=O)N[C@@H]1C(=O)N2C(C(=O)O)=C(COC(=O)CC(C)=O)CS[C@@H]12)c1csc(N)n1. The Bertz CT molecular complexity index is 1110. The Kier molecular flexibility index (Phi) is 8.45. The van der Waals surface area contributed by atoms with E-state index in [2.05, 4.69) is 15.5 Å². The van der Waals surface area contributed by atoms with Crippen LogP contribution in [0.25, 0.3) is 0 Å². The van der Waals surface area contributed by atoms with Crippen molar-refractivity contribution in [3.8, 4) is 0 Å². The van der Waals surface area contributed by atoms with Crippen molar-refractivity contribution in [2.75, 3.05) is 24.7 Å². The number of thiazole rings is 1. The average Bonchev–Trinajstić information content (AvgIpc) is 3.23. The Morgan fingerprint density at radius 1 is 1.37 bits per heavy atom. The first-order valence-electron chi connectivity index (χ1n) is 10.4. The van der Waals surface area contributed by atoms with Gasteiger partial charge in [-0.2, -0.15) is 0 Å². The van der Waals surface area contributed by atoms with Gasteiger partial charge in [-0.1, -0.05) is 12.1 Å². The summed E-state index contributed by atoms with van der Waals surface area (Å²) >= 11 is 2.31. The van der Waals surface area contributed by atoms with E-state index in [1.165, 1.54) is 24.1 Å². The fourth-order valence-electron chi connectivity index (χ4n) is 3.23. The molecule has 1 fully saturated rings. The number of aliphatic carboxylic acids is 1. The smallest absolute Gasteiger partial charge is 0.352 e. The number of hydrogen-bond donors (Lipinski definition) is 3. The van der Waals surface area contributed by atoms with Gasteiger partial charge in [0.25, 0.3) is 11.8 Å². The Labute approximate surface area is 207 Å².